The molecule has 0 saturated carbocycles. The van der Waals surface area contributed by atoms with E-state index in [-0.39, 0.29) is 0 Å². The van der Waals surface area contributed by atoms with Crippen molar-refractivity contribution in [2.45, 2.75) is 13.0 Å². The van der Waals surface area contributed by atoms with E-state index in [0.29, 0.717) is 17.4 Å². The number of hydrogen-bond acceptors (Lipinski definition) is 4. The van der Waals surface area contributed by atoms with Crippen LogP contribution < -0.4 is 0 Å². The predicted molar refractivity (Wildman–Crippen MR) is 76.2 cm³/mol. The molecule has 0 fully saturated rings. The molecule has 5 nitrogen and oxygen atoms in total. The largest absolute Gasteiger partial charge is 0.261 e. The molecule has 0 saturated heterocycles. The molecule has 3 aromatic rings. The molecule has 0 N–H and O–H groups in total. The highest BCUT2D eigenvalue weighted by atomic mass is 35.5. The lowest BCUT2D eigenvalue weighted by molar-refractivity contribution is 0.519. The first-order valence-electron chi connectivity index (χ1n) is 6.25. The van der Waals surface area contributed by atoms with E-state index < -0.39 is 0 Å². The van der Waals surface area contributed by atoms with Crippen molar-refractivity contribution in [1.29, 1.82) is 0 Å². The molecular weight excluding hydrogens is 274 g/mol. The van der Waals surface area contributed by atoms with Crippen molar-refractivity contribution in [3.05, 3.63) is 59.4 Å². The quantitative estimate of drug-likeness (QED) is 0.739. The van der Waals surface area contributed by atoms with Gasteiger partial charge >= 0.3 is 0 Å². The predicted octanol–water partition coefficient (Wildman–Crippen LogP) is 2.63. The minimum atomic E-state index is 0.600. The first-order chi connectivity index (χ1) is 9.81. The van der Waals surface area contributed by atoms with Gasteiger partial charge in [0.25, 0.3) is 0 Å². The minimum Gasteiger partial charge on any atom is -0.261 e. The van der Waals surface area contributed by atoms with Crippen LogP contribution in [0.15, 0.2) is 48.7 Å². The Morgan fingerprint density at radius 3 is 2.65 bits per heavy atom. The summed E-state index contributed by atoms with van der Waals surface area (Å²) in [5.74, 6) is 0.600. The van der Waals surface area contributed by atoms with Crippen LogP contribution in [0.3, 0.4) is 0 Å². The Kier molecular flexibility index (Phi) is 3.69. The zero-order valence-corrected chi connectivity index (χ0v) is 11.4. The first kappa shape index (κ1) is 12.7. The van der Waals surface area contributed by atoms with Crippen molar-refractivity contribution in [2.75, 3.05) is 0 Å². The maximum Gasteiger partial charge on any atom is 0.204 e. The van der Waals surface area contributed by atoms with Gasteiger partial charge in [0.15, 0.2) is 0 Å². The first-order valence-corrected chi connectivity index (χ1v) is 6.63. The highest BCUT2D eigenvalue weighted by molar-refractivity contribution is 6.30. The fourth-order valence-electron chi connectivity index (χ4n) is 1.81. The second-order valence-electron chi connectivity index (χ2n) is 4.29. The Labute approximate surface area is 121 Å². The molecule has 2 aromatic heterocycles. The second kappa shape index (κ2) is 5.79. The molecular formula is C14H12ClN5. The third-order valence-electron chi connectivity index (χ3n) is 2.85. The van der Waals surface area contributed by atoms with Crippen LogP contribution in [0.2, 0.25) is 5.02 Å². The maximum atomic E-state index is 5.85. The third kappa shape index (κ3) is 3.00. The average molecular weight is 286 g/mol. The van der Waals surface area contributed by atoms with Crippen LogP contribution in [0.4, 0.5) is 0 Å². The molecule has 3 rings (SSSR count). The molecule has 0 amide bonds. The number of hydrogen-bond donors (Lipinski definition) is 0. The fraction of sp³-hybridized carbons (Fsp3) is 0.143. The molecule has 6 heteroatoms. The fourth-order valence-corrected chi connectivity index (χ4v) is 1.94. The standard InChI is InChI=1S/C14H12ClN5/c15-12-6-4-11(5-7-12)14-17-19-20(18-14)10-8-13-3-1-2-9-16-13/h1-7,9H,8,10H2. The highest BCUT2D eigenvalue weighted by Crippen LogP contribution is 2.16. The van der Waals surface area contributed by atoms with E-state index in [2.05, 4.69) is 20.4 Å². The number of tetrazole rings is 1. The Morgan fingerprint density at radius 2 is 1.90 bits per heavy atom. The zero-order chi connectivity index (χ0) is 13.8. The van der Waals surface area contributed by atoms with Gasteiger partial charge in [-0.25, -0.2) is 0 Å². The van der Waals surface area contributed by atoms with Crippen molar-refractivity contribution in [1.82, 2.24) is 25.2 Å². The van der Waals surface area contributed by atoms with E-state index in [4.69, 9.17) is 11.6 Å². The van der Waals surface area contributed by atoms with Gasteiger partial charge in [0.1, 0.15) is 0 Å². The lowest BCUT2D eigenvalue weighted by Crippen LogP contribution is -2.06. The highest BCUT2D eigenvalue weighted by Gasteiger charge is 2.06. The van der Waals surface area contributed by atoms with Crippen molar-refractivity contribution >= 4 is 11.6 Å². The molecule has 100 valence electrons. The smallest absolute Gasteiger partial charge is 0.204 e. The van der Waals surface area contributed by atoms with E-state index in [9.17, 15) is 0 Å². The van der Waals surface area contributed by atoms with Gasteiger partial charge < -0.3 is 0 Å². The monoisotopic (exact) mass is 285 g/mol. The molecule has 20 heavy (non-hydrogen) atoms. The normalized spacial score (nSPS) is 10.7. The summed E-state index contributed by atoms with van der Waals surface area (Å²) in [6.45, 7) is 0.650. The van der Waals surface area contributed by atoms with E-state index >= 15 is 0 Å². The summed E-state index contributed by atoms with van der Waals surface area (Å²) in [5.41, 5.74) is 1.91. The number of rotatable bonds is 4. The number of benzene rings is 1. The van der Waals surface area contributed by atoms with Crippen molar-refractivity contribution < 1.29 is 0 Å². The van der Waals surface area contributed by atoms with Crippen LogP contribution in [-0.2, 0) is 13.0 Å². The number of aromatic nitrogens is 5. The van der Waals surface area contributed by atoms with Gasteiger partial charge in [-0.05, 0) is 41.6 Å². The number of nitrogens with zero attached hydrogens (tertiary/aromatic N) is 5. The molecule has 2 heterocycles. The van der Waals surface area contributed by atoms with Crippen LogP contribution in [-0.4, -0.2) is 25.2 Å². The summed E-state index contributed by atoms with van der Waals surface area (Å²) >= 11 is 5.85. The van der Waals surface area contributed by atoms with Crippen molar-refractivity contribution in [2.24, 2.45) is 0 Å². The number of halogens is 1. The lowest BCUT2D eigenvalue weighted by Gasteiger charge is -1.98. The SMILES string of the molecule is Clc1ccc(-c2nnn(CCc3ccccn3)n2)cc1. The Hall–Kier alpha value is -2.27. The summed E-state index contributed by atoms with van der Waals surface area (Å²) in [4.78, 5) is 5.85. The maximum absolute atomic E-state index is 5.85. The Bertz CT molecular complexity index is 678. The van der Waals surface area contributed by atoms with Crippen molar-refractivity contribution in [3.63, 3.8) is 0 Å². The molecule has 0 unspecified atom stereocenters. The van der Waals surface area contributed by atoms with Crippen LogP contribution in [0.25, 0.3) is 11.4 Å². The van der Waals surface area contributed by atoms with Gasteiger partial charge in [0.05, 0.1) is 6.54 Å². The van der Waals surface area contributed by atoms with E-state index in [1.54, 1.807) is 11.0 Å². The molecule has 0 aliphatic heterocycles. The average Bonchev–Trinajstić information content (AvgIpc) is 2.96. The van der Waals surface area contributed by atoms with Crippen molar-refractivity contribution in [3.8, 4) is 11.4 Å². The molecule has 0 radical (unpaired) electrons. The molecule has 0 spiro atoms. The van der Waals surface area contributed by atoms with Crippen LogP contribution in [0, 0.1) is 0 Å². The molecule has 0 bridgehead atoms. The van der Waals surface area contributed by atoms with Gasteiger partial charge in [0, 0.05) is 28.9 Å². The second-order valence-corrected chi connectivity index (χ2v) is 4.72. The Balaban J connectivity index is 1.69. The Morgan fingerprint density at radius 1 is 1.05 bits per heavy atom. The van der Waals surface area contributed by atoms with Gasteiger partial charge in [-0.15, -0.1) is 10.2 Å². The third-order valence-corrected chi connectivity index (χ3v) is 3.10. The summed E-state index contributed by atoms with van der Waals surface area (Å²) in [6, 6.07) is 13.2. The minimum absolute atomic E-state index is 0.600. The summed E-state index contributed by atoms with van der Waals surface area (Å²) in [7, 11) is 0. The van der Waals surface area contributed by atoms with E-state index in [1.807, 2.05) is 42.5 Å². The van der Waals surface area contributed by atoms with Gasteiger partial charge in [0.2, 0.25) is 5.82 Å². The molecule has 0 aliphatic rings. The molecule has 1 aromatic carbocycles. The van der Waals surface area contributed by atoms with E-state index in [0.717, 1.165) is 17.7 Å². The molecule has 0 aliphatic carbocycles. The number of pyridine rings is 1. The summed E-state index contributed by atoms with van der Waals surface area (Å²) in [6.07, 6.45) is 2.56. The lowest BCUT2D eigenvalue weighted by atomic mass is 10.2. The van der Waals surface area contributed by atoms with Crippen LogP contribution in [0.5, 0.6) is 0 Å². The molecule has 0 atom stereocenters. The van der Waals surface area contributed by atoms with Crippen LogP contribution in [0.1, 0.15) is 5.69 Å². The van der Waals surface area contributed by atoms with Gasteiger partial charge in [-0.3, -0.25) is 4.98 Å². The number of aryl methyl sites for hydroxylation is 2. The van der Waals surface area contributed by atoms with Gasteiger partial charge in [-0.2, -0.15) is 4.80 Å². The summed E-state index contributed by atoms with van der Waals surface area (Å²) in [5, 5.41) is 13.1. The van der Waals surface area contributed by atoms with Gasteiger partial charge in [-0.1, -0.05) is 17.7 Å². The topological polar surface area (TPSA) is 56.5 Å². The van der Waals surface area contributed by atoms with E-state index in [1.165, 1.54) is 0 Å². The zero-order valence-electron chi connectivity index (χ0n) is 10.6. The summed E-state index contributed by atoms with van der Waals surface area (Å²) < 4.78 is 0. The van der Waals surface area contributed by atoms with Crippen LogP contribution >= 0.6 is 11.6 Å².